The average Bonchev–Trinajstić information content (AvgIpc) is 3.13. The summed E-state index contributed by atoms with van der Waals surface area (Å²) in [5, 5.41) is 0. The number of rotatable bonds is 4. The van der Waals surface area contributed by atoms with Gasteiger partial charge in [-0.1, -0.05) is 61.2 Å². The maximum atomic E-state index is 13.2. The molecule has 2 fully saturated rings. The Labute approximate surface area is 175 Å². The van der Waals surface area contributed by atoms with Crippen molar-refractivity contribution in [3.8, 4) is 0 Å². The van der Waals surface area contributed by atoms with E-state index in [1.165, 1.54) is 10.4 Å². The summed E-state index contributed by atoms with van der Waals surface area (Å²) in [6.45, 7) is 0.758. The molecule has 4 rings (SSSR count). The minimum atomic E-state index is -3.73. The van der Waals surface area contributed by atoms with Gasteiger partial charge in [0.1, 0.15) is 4.21 Å². The van der Waals surface area contributed by atoms with Crippen molar-refractivity contribution in [2.24, 2.45) is 0 Å². The highest BCUT2D eigenvalue weighted by Crippen LogP contribution is 2.40. The van der Waals surface area contributed by atoms with Crippen molar-refractivity contribution < 1.29 is 13.2 Å². The van der Waals surface area contributed by atoms with E-state index in [2.05, 4.69) is 0 Å². The van der Waals surface area contributed by atoms with Crippen molar-refractivity contribution in [1.29, 1.82) is 0 Å². The number of hydrogen-bond acceptors (Lipinski definition) is 4. The maximum Gasteiger partial charge on any atom is 0.253 e. The predicted molar refractivity (Wildman–Crippen MR) is 111 cm³/mol. The Morgan fingerprint density at radius 1 is 1.04 bits per heavy atom. The Hall–Kier alpha value is -1.41. The monoisotopic (exact) mass is 438 g/mol. The van der Waals surface area contributed by atoms with Gasteiger partial charge in [0.25, 0.3) is 10.0 Å². The molecule has 1 saturated heterocycles. The first kappa shape index (κ1) is 19.9. The van der Waals surface area contributed by atoms with Gasteiger partial charge in [-0.2, -0.15) is 4.31 Å². The van der Waals surface area contributed by atoms with Gasteiger partial charge in [0.15, 0.2) is 0 Å². The van der Waals surface area contributed by atoms with Crippen molar-refractivity contribution in [3.05, 3.63) is 52.4 Å². The predicted octanol–water partition coefficient (Wildman–Crippen LogP) is 4.14. The minimum absolute atomic E-state index is 0.119. The van der Waals surface area contributed by atoms with Crippen LogP contribution in [-0.4, -0.2) is 42.2 Å². The first-order chi connectivity index (χ1) is 13.4. The van der Waals surface area contributed by atoms with E-state index in [1.54, 1.807) is 6.07 Å². The quantitative estimate of drug-likeness (QED) is 0.720. The molecule has 1 aromatic carbocycles. The smallest absolute Gasteiger partial charge is 0.253 e. The lowest BCUT2D eigenvalue weighted by Crippen LogP contribution is -2.65. The van der Waals surface area contributed by atoms with Gasteiger partial charge in [-0.15, -0.1) is 11.3 Å². The molecule has 0 bridgehead atoms. The summed E-state index contributed by atoms with van der Waals surface area (Å²) in [4.78, 5) is 15.1. The molecule has 5 nitrogen and oxygen atoms in total. The molecule has 2 aliphatic rings. The molecule has 2 aromatic rings. The maximum absolute atomic E-state index is 13.2. The summed E-state index contributed by atoms with van der Waals surface area (Å²) in [5.74, 6) is -0.122. The van der Waals surface area contributed by atoms with Gasteiger partial charge < -0.3 is 4.90 Å². The normalized spacial score (nSPS) is 20.6. The molecule has 1 aromatic heterocycles. The number of benzene rings is 1. The molecular formula is C20H23ClN2O3S2. The van der Waals surface area contributed by atoms with Gasteiger partial charge in [-0.25, -0.2) is 8.42 Å². The number of carbonyl (C=O) groups is 1. The number of hydrogen-bond donors (Lipinski definition) is 0. The van der Waals surface area contributed by atoms with Crippen LogP contribution >= 0.6 is 22.9 Å². The van der Waals surface area contributed by atoms with Gasteiger partial charge in [-0.05, 0) is 30.5 Å². The van der Waals surface area contributed by atoms with E-state index in [0.29, 0.717) is 17.4 Å². The van der Waals surface area contributed by atoms with Crippen LogP contribution in [0, 0.1) is 0 Å². The molecule has 1 saturated carbocycles. The summed E-state index contributed by atoms with van der Waals surface area (Å²) >= 11 is 6.99. The van der Waals surface area contributed by atoms with E-state index in [-0.39, 0.29) is 16.7 Å². The zero-order valence-electron chi connectivity index (χ0n) is 15.5. The number of sulfonamides is 1. The van der Waals surface area contributed by atoms with Crippen molar-refractivity contribution in [2.75, 3.05) is 13.1 Å². The number of piperazine rings is 1. The Kier molecular flexibility index (Phi) is 5.53. The molecule has 1 amide bonds. The first-order valence-electron chi connectivity index (χ1n) is 9.51. The fraction of sp³-hybridized carbons (Fsp3) is 0.450. The summed E-state index contributed by atoms with van der Waals surface area (Å²) in [6, 6.07) is 13.0. The third-order valence-electron chi connectivity index (χ3n) is 5.77. The SMILES string of the molecule is O=C1CN(S(=O)(=O)c2ccc(Cl)s2)CC2(CCCCC2)N1Cc1ccccc1. The highest BCUT2D eigenvalue weighted by atomic mass is 35.5. The fourth-order valence-electron chi connectivity index (χ4n) is 4.36. The lowest BCUT2D eigenvalue weighted by Gasteiger charge is -2.52. The number of thiophene rings is 1. The Morgan fingerprint density at radius 2 is 1.75 bits per heavy atom. The molecule has 2 heterocycles. The van der Waals surface area contributed by atoms with Crippen molar-refractivity contribution in [1.82, 2.24) is 9.21 Å². The lowest BCUT2D eigenvalue weighted by atomic mass is 9.78. The number of amides is 1. The van der Waals surface area contributed by atoms with Crippen molar-refractivity contribution >= 4 is 38.9 Å². The molecule has 28 heavy (non-hydrogen) atoms. The van der Waals surface area contributed by atoms with Crippen LogP contribution in [0.5, 0.6) is 0 Å². The van der Waals surface area contributed by atoms with Crippen LogP contribution in [-0.2, 0) is 21.4 Å². The molecule has 150 valence electrons. The number of carbonyl (C=O) groups excluding carboxylic acids is 1. The second-order valence-corrected chi connectivity index (χ2v) is 11.5. The van der Waals surface area contributed by atoms with Crippen molar-refractivity contribution in [3.63, 3.8) is 0 Å². The average molecular weight is 439 g/mol. The summed E-state index contributed by atoms with van der Waals surface area (Å²) in [5.41, 5.74) is 0.638. The van der Waals surface area contributed by atoms with Gasteiger partial charge >= 0.3 is 0 Å². The van der Waals surface area contributed by atoms with E-state index >= 15 is 0 Å². The van der Waals surface area contributed by atoms with E-state index in [9.17, 15) is 13.2 Å². The zero-order valence-corrected chi connectivity index (χ0v) is 17.9. The van der Waals surface area contributed by atoms with Gasteiger partial charge in [0, 0.05) is 13.1 Å². The summed E-state index contributed by atoms with van der Waals surface area (Å²) < 4.78 is 28.3. The molecule has 0 unspecified atom stereocenters. The fourth-order valence-corrected chi connectivity index (χ4v) is 7.47. The van der Waals surface area contributed by atoms with Crippen LogP contribution in [0.15, 0.2) is 46.7 Å². The van der Waals surface area contributed by atoms with E-state index in [0.717, 1.165) is 49.0 Å². The number of nitrogens with zero attached hydrogens (tertiary/aromatic N) is 2. The van der Waals surface area contributed by atoms with Crippen LogP contribution in [0.1, 0.15) is 37.7 Å². The van der Waals surface area contributed by atoms with Crippen LogP contribution in [0.25, 0.3) is 0 Å². The van der Waals surface area contributed by atoms with E-state index in [4.69, 9.17) is 11.6 Å². The molecule has 0 N–H and O–H groups in total. The van der Waals surface area contributed by atoms with E-state index < -0.39 is 15.6 Å². The molecular weight excluding hydrogens is 416 g/mol. The highest BCUT2D eigenvalue weighted by molar-refractivity contribution is 7.91. The Balaban J connectivity index is 1.66. The van der Waals surface area contributed by atoms with Crippen LogP contribution in [0.3, 0.4) is 0 Å². The molecule has 1 aliphatic carbocycles. The van der Waals surface area contributed by atoms with Crippen LogP contribution < -0.4 is 0 Å². The molecule has 1 aliphatic heterocycles. The van der Waals surface area contributed by atoms with Gasteiger partial charge in [0.05, 0.1) is 16.4 Å². The topological polar surface area (TPSA) is 57.7 Å². The largest absolute Gasteiger partial charge is 0.330 e. The van der Waals surface area contributed by atoms with Crippen molar-refractivity contribution in [2.45, 2.75) is 48.4 Å². The first-order valence-corrected chi connectivity index (χ1v) is 12.1. The number of halogens is 1. The molecule has 0 atom stereocenters. The third kappa shape index (κ3) is 3.73. The zero-order chi connectivity index (χ0) is 19.8. The standard InChI is InChI=1S/C20H23ClN2O3S2/c21-17-9-10-19(27-17)28(25,26)22-14-18(24)23(13-16-7-3-1-4-8-16)20(15-22)11-5-2-6-12-20/h1,3-4,7-10H,2,5-6,11-15H2. The van der Waals surface area contributed by atoms with Gasteiger partial charge in [0.2, 0.25) is 5.91 Å². The summed E-state index contributed by atoms with van der Waals surface area (Å²) in [6.07, 6.45) is 4.82. The second-order valence-electron chi connectivity index (χ2n) is 7.58. The third-order valence-corrected chi connectivity index (χ3v) is 9.26. The van der Waals surface area contributed by atoms with Crippen LogP contribution in [0.4, 0.5) is 0 Å². The van der Waals surface area contributed by atoms with E-state index in [1.807, 2.05) is 35.2 Å². The molecule has 0 radical (unpaired) electrons. The molecule has 8 heteroatoms. The van der Waals surface area contributed by atoms with Gasteiger partial charge in [-0.3, -0.25) is 4.79 Å². The molecule has 1 spiro atoms. The Bertz CT molecular complexity index is 953. The minimum Gasteiger partial charge on any atom is -0.330 e. The highest BCUT2D eigenvalue weighted by Gasteiger charge is 2.49. The second kappa shape index (κ2) is 7.78. The Morgan fingerprint density at radius 3 is 2.39 bits per heavy atom. The van der Waals surface area contributed by atoms with Crippen LogP contribution in [0.2, 0.25) is 4.34 Å². The lowest BCUT2D eigenvalue weighted by molar-refractivity contribution is -0.147. The summed E-state index contributed by atoms with van der Waals surface area (Å²) in [7, 11) is -3.73.